The minimum atomic E-state index is -3.17. The summed E-state index contributed by atoms with van der Waals surface area (Å²) in [5.41, 5.74) is 0. The van der Waals surface area contributed by atoms with Gasteiger partial charge in [0.15, 0.2) is 9.84 Å². The standard InChI is InChI=1S/C10H18O5S/c1-10(2)7(4-5-16(10,13)14)8(11)6-9(12)15-3/h7-8,11H,4-6H2,1-3H3. The molecule has 16 heavy (non-hydrogen) atoms. The molecular weight excluding hydrogens is 232 g/mol. The number of hydrogen-bond donors (Lipinski definition) is 1. The van der Waals surface area contributed by atoms with Crippen LogP contribution in [0.3, 0.4) is 0 Å². The summed E-state index contributed by atoms with van der Waals surface area (Å²) in [5.74, 6) is -0.854. The van der Waals surface area contributed by atoms with Crippen molar-refractivity contribution < 1.29 is 23.1 Å². The quantitative estimate of drug-likeness (QED) is 0.720. The number of carbonyl (C=O) groups is 1. The molecule has 0 spiro atoms. The van der Waals surface area contributed by atoms with Crippen LogP contribution in [-0.2, 0) is 19.4 Å². The van der Waals surface area contributed by atoms with Crippen molar-refractivity contribution in [3.8, 4) is 0 Å². The number of sulfone groups is 1. The van der Waals surface area contributed by atoms with Crippen molar-refractivity contribution in [3.05, 3.63) is 0 Å². The normalized spacial score (nSPS) is 28.6. The molecule has 2 unspecified atom stereocenters. The molecule has 0 aromatic carbocycles. The maximum atomic E-state index is 11.7. The second-order valence-corrected chi connectivity index (χ2v) is 7.36. The molecule has 0 radical (unpaired) electrons. The lowest BCUT2D eigenvalue weighted by atomic mass is 9.86. The van der Waals surface area contributed by atoms with E-state index >= 15 is 0 Å². The van der Waals surface area contributed by atoms with Gasteiger partial charge in [0.1, 0.15) is 0 Å². The summed E-state index contributed by atoms with van der Waals surface area (Å²) >= 11 is 0. The Balaban J connectivity index is 2.80. The summed E-state index contributed by atoms with van der Waals surface area (Å²) in [6, 6.07) is 0. The molecule has 0 aromatic rings. The van der Waals surface area contributed by atoms with E-state index in [1.54, 1.807) is 13.8 Å². The molecule has 0 saturated carbocycles. The van der Waals surface area contributed by atoms with E-state index in [1.807, 2.05) is 0 Å². The average Bonchev–Trinajstić information content (AvgIpc) is 2.36. The fourth-order valence-corrected chi connectivity index (χ4v) is 4.00. The van der Waals surface area contributed by atoms with Gasteiger partial charge in [-0.3, -0.25) is 4.79 Å². The second kappa shape index (κ2) is 4.33. The van der Waals surface area contributed by atoms with Crippen molar-refractivity contribution in [2.75, 3.05) is 12.9 Å². The summed E-state index contributed by atoms with van der Waals surface area (Å²) in [7, 11) is -1.93. The van der Waals surface area contributed by atoms with Crippen molar-refractivity contribution in [2.45, 2.75) is 37.5 Å². The first-order valence-electron chi connectivity index (χ1n) is 5.19. The van der Waals surface area contributed by atoms with Crippen LogP contribution in [0.2, 0.25) is 0 Å². The van der Waals surface area contributed by atoms with E-state index in [1.165, 1.54) is 7.11 Å². The number of carbonyl (C=O) groups excluding carboxylic acids is 1. The zero-order valence-electron chi connectivity index (χ0n) is 9.76. The largest absolute Gasteiger partial charge is 0.469 e. The van der Waals surface area contributed by atoms with Crippen LogP contribution in [0, 0.1) is 5.92 Å². The molecule has 1 N–H and O–H groups in total. The highest BCUT2D eigenvalue weighted by atomic mass is 32.2. The Morgan fingerprint density at radius 1 is 1.56 bits per heavy atom. The molecule has 1 aliphatic rings. The van der Waals surface area contributed by atoms with Crippen LogP contribution in [-0.4, -0.2) is 43.2 Å². The van der Waals surface area contributed by atoms with Gasteiger partial charge in [0, 0.05) is 5.92 Å². The van der Waals surface area contributed by atoms with Gasteiger partial charge < -0.3 is 9.84 Å². The van der Waals surface area contributed by atoms with Crippen molar-refractivity contribution in [1.82, 2.24) is 0 Å². The Morgan fingerprint density at radius 3 is 2.50 bits per heavy atom. The topological polar surface area (TPSA) is 80.7 Å². The number of rotatable bonds is 3. The van der Waals surface area contributed by atoms with Crippen LogP contribution >= 0.6 is 0 Å². The number of aliphatic hydroxyl groups is 1. The number of ether oxygens (including phenoxy) is 1. The van der Waals surface area contributed by atoms with Crippen molar-refractivity contribution in [3.63, 3.8) is 0 Å². The Kier molecular flexibility index (Phi) is 3.64. The molecule has 0 aliphatic carbocycles. The Labute approximate surface area is 95.7 Å². The smallest absolute Gasteiger partial charge is 0.308 e. The van der Waals surface area contributed by atoms with Crippen LogP contribution in [0.1, 0.15) is 26.7 Å². The Bertz CT molecular complexity index is 371. The minimum absolute atomic E-state index is 0.0723. The molecule has 1 fully saturated rings. The van der Waals surface area contributed by atoms with Gasteiger partial charge >= 0.3 is 5.97 Å². The Morgan fingerprint density at radius 2 is 2.12 bits per heavy atom. The van der Waals surface area contributed by atoms with E-state index in [0.717, 1.165) is 0 Å². The van der Waals surface area contributed by atoms with Gasteiger partial charge in [-0.1, -0.05) is 0 Å². The van der Waals surface area contributed by atoms with Gasteiger partial charge in [-0.15, -0.1) is 0 Å². The average molecular weight is 250 g/mol. The molecule has 0 bridgehead atoms. The van der Waals surface area contributed by atoms with Crippen LogP contribution in [0.4, 0.5) is 0 Å². The van der Waals surface area contributed by atoms with E-state index < -0.39 is 32.6 Å². The molecule has 5 nitrogen and oxygen atoms in total. The highest BCUT2D eigenvalue weighted by Gasteiger charge is 2.50. The van der Waals surface area contributed by atoms with E-state index in [-0.39, 0.29) is 12.2 Å². The van der Waals surface area contributed by atoms with E-state index in [2.05, 4.69) is 4.74 Å². The summed E-state index contributed by atoms with van der Waals surface area (Å²) in [6.07, 6.45) is -0.715. The predicted molar refractivity (Wildman–Crippen MR) is 58.6 cm³/mol. The first-order valence-corrected chi connectivity index (χ1v) is 6.85. The van der Waals surface area contributed by atoms with Gasteiger partial charge in [0.25, 0.3) is 0 Å². The highest BCUT2D eigenvalue weighted by molar-refractivity contribution is 7.93. The lowest BCUT2D eigenvalue weighted by molar-refractivity contribution is -0.143. The molecule has 1 heterocycles. The fourth-order valence-electron chi connectivity index (χ4n) is 2.18. The van der Waals surface area contributed by atoms with Gasteiger partial charge in [-0.05, 0) is 20.3 Å². The zero-order valence-corrected chi connectivity index (χ0v) is 10.6. The van der Waals surface area contributed by atoms with E-state index in [0.29, 0.717) is 6.42 Å². The third-order valence-corrected chi connectivity index (χ3v) is 6.14. The molecular formula is C10H18O5S. The third kappa shape index (κ3) is 2.22. The SMILES string of the molecule is COC(=O)CC(O)C1CCS(=O)(=O)C1(C)C. The van der Waals surface area contributed by atoms with Crippen LogP contribution in [0.5, 0.6) is 0 Å². The molecule has 1 aliphatic heterocycles. The first kappa shape index (κ1) is 13.4. The van der Waals surface area contributed by atoms with E-state index in [4.69, 9.17) is 0 Å². The summed E-state index contributed by atoms with van der Waals surface area (Å²) in [6.45, 7) is 3.20. The fraction of sp³-hybridized carbons (Fsp3) is 0.900. The second-order valence-electron chi connectivity index (χ2n) is 4.67. The number of aliphatic hydroxyl groups excluding tert-OH is 1. The maximum Gasteiger partial charge on any atom is 0.308 e. The molecule has 1 saturated heterocycles. The van der Waals surface area contributed by atoms with Crippen molar-refractivity contribution >= 4 is 15.8 Å². The third-order valence-electron chi connectivity index (χ3n) is 3.46. The summed E-state index contributed by atoms with van der Waals surface area (Å²) < 4.78 is 26.9. The Hall–Kier alpha value is -0.620. The number of esters is 1. The number of hydrogen-bond acceptors (Lipinski definition) is 5. The molecule has 1 rings (SSSR count). The zero-order chi connectivity index (χ0) is 12.6. The molecule has 94 valence electrons. The van der Waals surface area contributed by atoms with Crippen LogP contribution < -0.4 is 0 Å². The molecule has 2 atom stereocenters. The van der Waals surface area contributed by atoms with Gasteiger partial charge in [-0.25, -0.2) is 8.42 Å². The van der Waals surface area contributed by atoms with Crippen LogP contribution in [0.15, 0.2) is 0 Å². The van der Waals surface area contributed by atoms with Gasteiger partial charge in [0.2, 0.25) is 0 Å². The molecule has 6 heteroatoms. The lowest BCUT2D eigenvalue weighted by Crippen LogP contribution is -2.40. The van der Waals surface area contributed by atoms with E-state index in [9.17, 15) is 18.3 Å². The lowest BCUT2D eigenvalue weighted by Gasteiger charge is -2.29. The molecule has 0 aromatic heterocycles. The minimum Gasteiger partial charge on any atom is -0.469 e. The summed E-state index contributed by atoms with van der Waals surface area (Å²) in [5, 5.41) is 9.85. The maximum absolute atomic E-state index is 11.7. The number of methoxy groups -OCH3 is 1. The van der Waals surface area contributed by atoms with Crippen molar-refractivity contribution in [1.29, 1.82) is 0 Å². The van der Waals surface area contributed by atoms with Crippen LogP contribution in [0.25, 0.3) is 0 Å². The molecule has 0 amide bonds. The highest BCUT2D eigenvalue weighted by Crippen LogP contribution is 2.39. The van der Waals surface area contributed by atoms with Gasteiger partial charge in [-0.2, -0.15) is 0 Å². The first-order chi connectivity index (χ1) is 7.22. The predicted octanol–water partition coefficient (Wildman–Crippen LogP) is 0.124. The monoisotopic (exact) mass is 250 g/mol. The summed E-state index contributed by atoms with van der Waals surface area (Å²) in [4.78, 5) is 11.0. The van der Waals surface area contributed by atoms with Gasteiger partial charge in [0.05, 0.1) is 30.1 Å². The van der Waals surface area contributed by atoms with Crippen molar-refractivity contribution in [2.24, 2.45) is 5.92 Å².